The molecule has 2 aromatic rings. The molecule has 6 atom stereocenters. The lowest BCUT2D eigenvalue weighted by molar-refractivity contribution is -0.0907. The number of hydrogen-bond donors (Lipinski definition) is 4. The number of benzene rings is 2. The zero-order valence-electron chi connectivity index (χ0n) is 25.6. The second kappa shape index (κ2) is 15.2. The van der Waals surface area contributed by atoms with Gasteiger partial charge >= 0.3 is 6.09 Å². The number of alkyl carbamates (subject to hydrolysis) is 1. The first-order valence-electron chi connectivity index (χ1n) is 15.1. The van der Waals surface area contributed by atoms with Gasteiger partial charge in [0.15, 0.2) is 16.1 Å². The Kier molecular flexibility index (Phi) is 11.6. The van der Waals surface area contributed by atoms with E-state index in [1.807, 2.05) is 44.2 Å². The zero-order valence-corrected chi connectivity index (χ0v) is 26.4. The number of aliphatic hydroxyl groups is 1. The highest BCUT2D eigenvalue weighted by Gasteiger charge is 2.44. The van der Waals surface area contributed by atoms with Crippen molar-refractivity contribution in [1.29, 1.82) is 5.26 Å². The van der Waals surface area contributed by atoms with Gasteiger partial charge in [-0.2, -0.15) is 5.26 Å². The molecule has 4 rings (SSSR count). The summed E-state index contributed by atoms with van der Waals surface area (Å²) in [5.74, 6) is -0.0319. The van der Waals surface area contributed by atoms with E-state index in [0.29, 0.717) is 38.0 Å². The zero-order chi connectivity index (χ0) is 31.7. The average Bonchev–Trinajstić information content (AvgIpc) is 3.62. The number of fused-ring (bicyclic) bond motifs is 1. The van der Waals surface area contributed by atoms with Crippen molar-refractivity contribution in [3.63, 3.8) is 0 Å². The number of nitrogens with one attached hydrogen (secondary N) is 3. The number of rotatable bonds is 15. The summed E-state index contributed by atoms with van der Waals surface area (Å²) >= 11 is 0. The van der Waals surface area contributed by atoms with E-state index in [2.05, 4.69) is 22.0 Å². The smallest absolute Gasteiger partial charge is 0.407 e. The monoisotopic (exact) mass is 628 g/mol. The third-order valence-corrected chi connectivity index (χ3v) is 10.7. The van der Waals surface area contributed by atoms with Crippen LogP contribution in [0.2, 0.25) is 0 Å². The van der Waals surface area contributed by atoms with E-state index in [1.165, 1.54) is 0 Å². The molecule has 0 bridgehead atoms. The molecule has 0 aliphatic carbocycles. The van der Waals surface area contributed by atoms with Crippen molar-refractivity contribution in [3.8, 4) is 6.07 Å². The van der Waals surface area contributed by atoms with E-state index >= 15 is 0 Å². The van der Waals surface area contributed by atoms with Gasteiger partial charge in [0.1, 0.15) is 11.5 Å². The molecule has 4 N–H and O–H groups in total. The normalized spacial score (nSPS) is 21.9. The van der Waals surface area contributed by atoms with Crippen LogP contribution in [-0.4, -0.2) is 76.3 Å². The van der Waals surface area contributed by atoms with Crippen molar-refractivity contribution in [2.24, 2.45) is 11.3 Å². The van der Waals surface area contributed by atoms with Gasteiger partial charge in [-0.05, 0) is 54.9 Å². The van der Waals surface area contributed by atoms with Crippen LogP contribution < -0.4 is 16.0 Å². The van der Waals surface area contributed by atoms with Crippen molar-refractivity contribution in [1.82, 2.24) is 10.6 Å². The van der Waals surface area contributed by atoms with Gasteiger partial charge < -0.3 is 30.0 Å². The molecule has 0 aromatic heterocycles. The SMILES string of the molecule is CNc1cccc(S(=O)(=O)C(NC[C@@H](O)[C@H](Cc2ccccc2)NC(=O)O[C@H]2CO[C@H]3OCC[C@H]32)C(C)(C)CCCC#N)c1. The number of sulfone groups is 1. The summed E-state index contributed by atoms with van der Waals surface area (Å²) in [6.45, 7) is 4.35. The highest BCUT2D eigenvalue weighted by Crippen LogP contribution is 2.35. The van der Waals surface area contributed by atoms with E-state index in [4.69, 9.17) is 19.5 Å². The van der Waals surface area contributed by atoms with Crippen molar-refractivity contribution in [2.75, 3.05) is 32.1 Å². The molecule has 2 aromatic carbocycles. The Morgan fingerprint density at radius 2 is 1.95 bits per heavy atom. The van der Waals surface area contributed by atoms with Crippen LogP contribution in [-0.2, 0) is 30.5 Å². The number of hydrogen-bond acceptors (Lipinski definition) is 10. The highest BCUT2D eigenvalue weighted by atomic mass is 32.2. The van der Waals surface area contributed by atoms with Gasteiger partial charge in [0.25, 0.3) is 0 Å². The van der Waals surface area contributed by atoms with Crippen LogP contribution >= 0.6 is 0 Å². The molecule has 2 saturated heterocycles. The second-order valence-corrected chi connectivity index (χ2v) is 14.1. The first-order valence-corrected chi connectivity index (χ1v) is 16.6. The summed E-state index contributed by atoms with van der Waals surface area (Å²) in [4.78, 5) is 13.2. The predicted octanol–water partition coefficient (Wildman–Crippen LogP) is 3.60. The number of unbranched alkanes of at least 4 members (excludes halogenated alkanes) is 1. The molecule has 2 fully saturated rings. The molecule has 240 valence electrons. The first-order chi connectivity index (χ1) is 21.0. The molecule has 2 heterocycles. The fraction of sp³-hybridized carbons (Fsp3) is 0.562. The Hall–Kier alpha value is -3.21. The fourth-order valence-electron chi connectivity index (χ4n) is 5.92. The van der Waals surface area contributed by atoms with Crippen LogP contribution in [0.25, 0.3) is 0 Å². The largest absolute Gasteiger partial charge is 0.443 e. The van der Waals surface area contributed by atoms with Gasteiger partial charge in [-0.1, -0.05) is 50.2 Å². The standard InChI is InChI=1S/C32H44N4O7S/c1-32(2,15-7-8-16-33)30(44(39,40)24-13-9-12-23(19-24)34-3)35-20-27(37)26(18-22-10-5-4-6-11-22)36-31(38)43-28-21-42-29-25(28)14-17-41-29/h4-6,9-13,19,25-30,34-35,37H,7-8,14-15,17-18,20-21H2,1-3H3,(H,36,38)/t25-,26-,27+,28-,29+,30?/m0/s1. The quantitative estimate of drug-likeness (QED) is 0.215. The van der Waals surface area contributed by atoms with Gasteiger partial charge in [0.2, 0.25) is 0 Å². The van der Waals surface area contributed by atoms with Crippen molar-refractivity contribution in [2.45, 2.75) is 80.8 Å². The summed E-state index contributed by atoms with van der Waals surface area (Å²) < 4.78 is 44.9. The molecular weight excluding hydrogens is 584 g/mol. The average molecular weight is 629 g/mol. The molecular formula is C32H44N4O7S. The minimum atomic E-state index is -3.94. The van der Waals surface area contributed by atoms with E-state index in [9.17, 15) is 18.3 Å². The lowest BCUT2D eigenvalue weighted by Gasteiger charge is -2.36. The second-order valence-electron chi connectivity index (χ2n) is 12.1. The summed E-state index contributed by atoms with van der Waals surface area (Å²) in [5.41, 5.74) is 0.741. The molecule has 11 nitrogen and oxygen atoms in total. The molecule has 1 unspecified atom stereocenters. The van der Waals surface area contributed by atoms with Gasteiger partial charge in [0, 0.05) is 25.7 Å². The maximum atomic E-state index is 14.1. The molecule has 0 spiro atoms. The number of anilines is 1. The van der Waals surface area contributed by atoms with E-state index in [1.54, 1.807) is 31.3 Å². The predicted molar refractivity (Wildman–Crippen MR) is 165 cm³/mol. The van der Waals surface area contributed by atoms with Crippen molar-refractivity contribution < 1.29 is 32.5 Å². The van der Waals surface area contributed by atoms with E-state index in [0.717, 1.165) is 12.0 Å². The van der Waals surface area contributed by atoms with Crippen molar-refractivity contribution >= 4 is 21.6 Å². The Labute approximate surface area is 260 Å². The van der Waals surface area contributed by atoms with Crippen LogP contribution in [0, 0.1) is 22.7 Å². The molecule has 2 aliphatic rings. The maximum absolute atomic E-state index is 14.1. The summed E-state index contributed by atoms with van der Waals surface area (Å²) in [7, 11) is -2.22. The number of nitrogens with zero attached hydrogens (tertiary/aromatic N) is 1. The number of ether oxygens (including phenoxy) is 3. The number of amides is 1. The van der Waals surface area contributed by atoms with Crippen LogP contribution in [0.1, 0.15) is 45.1 Å². The number of nitriles is 1. The lowest BCUT2D eigenvalue weighted by atomic mass is 9.86. The molecule has 0 radical (unpaired) electrons. The van der Waals surface area contributed by atoms with Crippen LogP contribution in [0.15, 0.2) is 59.5 Å². The third kappa shape index (κ3) is 8.49. The first kappa shape index (κ1) is 33.7. The van der Waals surface area contributed by atoms with E-state index in [-0.39, 0.29) is 30.3 Å². The van der Waals surface area contributed by atoms with E-state index < -0.39 is 45.0 Å². The molecule has 44 heavy (non-hydrogen) atoms. The van der Waals surface area contributed by atoms with Crippen LogP contribution in [0.5, 0.6) is 0 Å². The van der Waals surface area contributed by atoms with Crippen molar-refractivity contribution in [3.05, 3.63) is 60.2 Å². The highest BCUT2D eigenvalue weighted by molar-refractivity contribution is 7.92. The Balaban J connectivity index is 1.52. The number of carbonyl (C=O) groups excluding carboxylic acids is 1. The topological polar surface area (TPSA) is 159 Å². The number of aliphatic hydroxyl groups excluding tert-OH is 1. The van der Waals surface area contributed by atoms with Crippen LogP contribution in [0.4, 0.5) is 10.5 Å². The molecule has 12 heteroatoms. The lowest BCUT2D eigenvalue weighted by Crippen LogP contribution is -2.54. The minimum absolute atomic E-state index is 0.0319. The molecule has 2 aliphatic heterocycles. The van der Waals surface area contributed by atoms with Gasteiger partial charge in [-0.3, -0.25) is 5.32 Å². The summed E-state index contributed by atoms with van der Waals surface area (Å²) in [6, 6.07) is 17.3. The molecule has 0 saturated carbocycles. The fourth-order valence-corrected chi connectivity index (χ4v) is 8.02. The summed E-state index contributed by atoms with van der Waals surface area (Å²) in [5, 5.41) is 28.4. The minimum Gasteiger partial charge on any atom is -0.443 e. The van der Waals surface area contributed by atoms with Gasteiger partial charge in [0.05, 0.1) is 42.2 Å². The summed E-state index contributed by atoms with van der Waals surface area (Å²) in [6.07, 6.45) is -0.345. The van der Waals surface area contributed by atoms with Crippen LogP contribution in [0.3, 0.4) is 0 Å². The maximum Gasteiger partial charge on any atom is 0.407 e. The molecule has 1 amide bonds. The Bertz CT molecular complexity index is 1380. The number of carbonyl (C=O) groups is 1. The Morgan fingerprint density at radius 3 is 2.68 bits per heavy atom. The Morgan fingerprint density at radius 1 is 1.18 bits per heavy atom. The van der Waals surface area contributed by atoms with Gasteiger partial charge in [-0.25, -0.2) is 13.2 Å². The van der Waals surface area contributed by atoms with Gasteiger partial charge in [-0.15, -0.1) is 0 Å². The third-order valence-electron chi connectivity index (χ3n) is 8.40.